The summed E-state index contributed by atoms with van der Waals surface area (Å²) in [6, 6.07) is 0. The number of aromatic nitrogens is 1. The Bertz CT molecular complexity index is 502. The highest BCUT2D eigenvalue weighted by Gasteiger charge is 2.65. The summed E-state index contributed by atoms with van der Waals surface area (Å²) in [5.41, 5.74) is 0.414. The predicted molar refractivity (Wildman–Crippen MR) is 68.6 cm³/mol. The predicted octanol–water partition coefficient (Wildman–Crippen LogP) is 2.06. The monoisotopic (exact) mass is 268 g/mol. The second kappa shape index (κ2) is 4.05. The molecule has 0 spiro atoms. The first kappa shape index (κ1) is 13.0. The van der Waals surface area contributed by atoms with E-state index < -0.39 is 23.2 Å². The van der Waals surface area contributed by atoms with Crippen LogP contribution in [0.25, 0.3) is 0 Å². The lowest BCUT2D eigenvalue weighted by atomic mass is 10.1. The van der Waals surface area contributed by atoms with Gasteiger partial charge >= 0.3 is 5.97 Å². The maximum atomic E-state index is 12.0. The van der Waals surface area contributed by atoms with Gasteiger partial charge in [0.2, 0.25) is 5.91 Å². The highest BCUT2D eigenvalue weighted by Crippen LogP contribution is 2.58. The number of aryl methyl sites for hydroxylation is 2. The van der Waals surface area contributed by atoms with E-state index in [1.807, 2.05) is 13.8 Å². The number of nitrogens with one attached hydrogen (secondary N) is 1. The van der Waals surface area contributed by atoms with Crippen molar-refractivity contribution in [2.75, 3.05) is 5.32 Å². The molecule has 1 aromatic rings. The number of amides is 1. The fraction of sp³-hybridized carbons (Fsp3) is 0.583. The van der Waals surface area contributed by atoms with Crippen molar-refractivity contribution < 1.29 is 14.7 Å². The number of rotatable bonds is 3. The van der Waals surface area contributed by atoms with Crippen molar-refractivity contribution in [1.29, 1.82) is 0 Å². The van der Waals surface area contributed by atoms with Crippen molar-refractivity contribution in [2.45, 2.75) is 27.7 Å². The van der Waals surface area contributed by atoms with Gasteiger partial charge < -0.3 is 10.4 Å². The van der Waals surface area contributed by atoms with Crippen LogP contribution in [-0.2, 0) is 9.59 Å². The average Bonchev–Trinajstić information content (AvgIpc) is 2.67. The number of aliphatic carboxylic acids is 1. The third-order valence-electron chi connectivity index (χ3n) is 3.63. The second-order valence-electron chi connectivity index (χ2n) is 5.26. The number of thiazole rings is 1. The first-order valence-electron chi connectivity index (χ1n) is 5.73. The summed E-state index contributed by atoms with van der Waals surface area (Å²) >= 11 is 1.41. The molecule has 1 saturated carbocycles. The van der Waals surface area contributed by atoms with Crippen LogP contribution in [0.5, 0.6) is 0 Å². The number of nitrogens with zero attached hydrogens (tertiary/aromatic N) is 1. The van der Waals surface area contributed by atoms with Crippen LogP contribution in [0, 0.1) is 31.1 Å². The summed E-state index contributed by atoms with van der Waals surface area (Å²) in [7, 11) is 0. The Hall–Kier alpha value is -1.43. The molecule has 1 aromatic heterocycles. The lowest BCUT2D eigenvalue weighted by molar-refractivity contribution is -0.140. The minimum Gasteiger partial charge on any atom is -0.481 e. The topological polar surface area (TPSA) is 79.3 Å². The van der Waals surface area contributed by atoms with Crippen LogP contribution in [0.2, 0.25) is 0 Å². The van der Waals surface area contributed by atoms with Gasteiger partial charge in [-0.2, -0.15) is 0 Å². The number of carboxylic acids is 1. The molecule has 98 valence electrons. The number of carboxylic acid groups (broad SMARTS) is 1. The Balaban J connectivity index is 2.08. The van der Waals surface area contributed by atoms with Crippen molar-refractivity contribution in [3.05, 3.63) is 10.6 Å². The molecule has 0 saturated heterocycles. The van der Waals surface area contributed by atoms with Gasteiger partial charge in [0.15, 0.2) is 5.13 Å². The van der Waals surface area contributed by atoms with Crippen LogP contribution in [0.1, 0.15) is 24.4 Å². The molecule has 1 amide bonds. The van der Waals surface area contributed by atoms with E-state index in [2.05, 4.69) is 10.3 Å². The van der Waals surface area contributed by atoms with Gasteiger partial charge in [-0.05, 0) is 19.3 Å². The van der Waals surface area contributed by atoms with Gasteiger partial charge in [0.05, 0.1) is 17.5 Å². The van der Waals surface area contributed by atoms with Crippen LogP contribution < -0.4 is 5.32 Å². The first-order chi connectivity index (χ1) is 8.25. The largest absolute Gasteiger partial charge is 0.481 e. The Kier molecular flexibility index (Phi) is 2.93. The molecule has 0 aliphatic heterocycles. The van der Waals surface area contributed by atoms with Crippen molar-refractivity contribution in [3.8, 4) is 0 Å². The Morgan fingerprint density at radius 3 is 2.33 bits per heavy atom. The van der Waals surface area contributed by atoms with Gasteiger partial charge in [-0.1, -0.05) is 13.8 Å². The van der Waals surface area contributed by atoms with Crippen LogP contribution in [0.3, 0.4) is 0 Å². The Morgan fingerprint density at radius 2 is 1.94 bits per heavy atom. The number of anilines is 1. The van der Waals surface area contributed by atoms with E-state index in [4.69, 9.17) is 5.11 Å². The number of hydrogen-bond acceptors (Lipinski definition) is 4. The summed E-state index contributed by atoms with van der Waals surface area (Å²) in [4.78, 5) is 28.3. The summed E-state index contributed by atoms with van der Waals surface area (Å²) < 4.78 is 0. The summed E-state index contributed by atoms with van der Waals surface area (Å²) in [5, 5.41) is 12.3. The summed E-state index contributed by atoms with van der Waals surface area (Å²) in [6.07, 6.45) is 0. The maximum absolute atomic E-state index is 12.0. The molecule has 2 N–H and O–H groups in total. The second-order valence-corrected chi connectivity index (χ2v) is 6.47. The molecule has 1 aliphatic rings. The van der Waals surface area contributed by atoms with Gasteiger partial charge in [0.1, 0.15) is 0 Å². The van der Waals surface area contributed by atoms with E-state index in [0.717, 1.165) is 10.6 Å². The molecule has 2 rings (SSSR count). The van der Waals surface area contributed by atoms with Gasteiger partial charge in [-0.3, -0.25) is 9.59 Å². The summed E-state index contributed by atoms with van der Waals surface area (Å²) in [6.45, 7) is 7.41. The quantitative estimate of drug-likeness (QED) is 0.879. The van der Waals surface area contributed by atoms with Crippen molar-refractivity contribution in [3.63, 3.8) is 0 Å². The third kappa shape index (κ3) is 2.01. The fourth-order valence-corrected chi connectivity index (χ4v) is 3.11. The molecule has 1 heterocycles. The van der Waals surface area contributed by atoms with E-state index in [-0.39, 0.29) is 5.91 Å². The van der Waals surface area contributed by atoms with Crippen LogP contribution >= 0.6 is 11.3 Å². The van der Waals surface area contributed by atoms with Gasteiger partial charge in [0, 0.05) is 4.88 Å². The number of carbonyl (C=O) groups excluding carboxylic acids is 1. The van der Waals surface area contributed by atoms with Crippen LogP contribution in [-0.4, -0.2) is 22.0 Å². The zero-order valence-corrected chi connectivity index (χ0v) is 11.6. The van der Waals surface area contributed by atoms with Crippen molar-refractivity contribution >= 4 is 28.3 Å². The zero-order chi connectivity index (χ0) is 13.7. The zero-order valence-electron chi connectivity index (χ0n) is 10.8. The van der Waals surface area contributed by atoms with E-state index >= 15 is 0 Å². The highest BCUT2D eigenvalue weighted by molar-refractivity contribution is 7.15. The van der Waals surface area contributed by atoms with Crippen molar-refractivity contribution in [1.82, 2.24) is 4.98 Å². The number of carbonyl (C=O) groups is 2. The minimum atomic E-state index is -0.911. The van der Waals surface area contributed by atoms with Crippen molar-refractivity contribution in [2.24, 2.45) is 17.3 Å². The molecule has 6 heteroatoms. The first-order valence-corrected chi connectivity index (χ1v) is 6.54. The SMILES string of the molecule is Cc1nc(NC(=O)[C@H]2[C@@H](C(=O)O)C2(C)C)sc1C. The standard InChI is InChI=1S/C12H16N2O3S/c1-5-6(2)18-11(13-5)14-9(15)7-8(10(16)17)12(7,3)4/h7-8H,1-4H3,(H,16,17)(H,13,14,15)/t7-,8+/m1/s1. The molecule has 0 bridgehead atoms. The Labute approximate surface area is 109 Å². The minimum absolute atomic E-state index is 0.249. The molecule has 1 aliphatic carbocycles. The smallest absolute Gasteiger partial charge is 0.307 e. The molecule has 5 nitrogen and oxygen atoms in total. The normalized spacial score (nSPS) is 24.7. The molecular formula is C12H16N2O3S. The lowest BCUT2D eigenvalue weighted by Crippen LogP contribution is -2.17. The van der Waals surface area contributed by atoms with Gasteiger partial charge in [0.25, 0.3) is 0 Å². The molecule has 0 aromatic carbocycles. The Morgan fingerprint density at radius 1 is 1.33 bits per heavy atom. The molecule has 0 unspecified atom stereocenters. The third-order valence-corrected chi connectivity index (χ3v) is 4.62. The van der Waals surface area contributed by atoms with E-state index in [1.165, 1.54) is 11.3 Å². The highest BCUT2D eigenvalue weighted by atomic mass is 32.1. The molecule has 0 radical (unpaired) electrons. The fourth-order valence-electron chi connectivity index (χ4n) is 2.30. The van der Waals surface area contributed by atoms with E-state index in [9.17, 15) is 9.59 Å². The molecule has 1 fully saturated rings. The number of hydrogen-bond donors (Lipinski definition) is 2. The van der Waals surface area contributed by atoms with Crippen LogP contribution in [0.15, 0.2) is 0 Å². The van der Waals surface area contributed by atoms with Crippen LogP contribution in [0.4, 0.5) is 5.13 Å². The molecule has 2 atom stereocenters. The lowest BCUT2D eigenvalue weighted by Gasteiger charge is -2.02. The van der Waals surface area contributed by atoms with Gasteiger partial charge in [-0.15, -0.1) is 11.3 Å². The van der Waals surface area contributed by atoms with E-state index in [1.54, 1.807) is 13.8 Å². The maximum Gasteiger partial charge on any atom is 0.307 e. The van der Waals surface area contributed by atoms with Gasteiger partial charge in [-0.25, -0.2) is 4.98 Å². The van der Waals surface area contributed by atoms with E-state index in [0.29, 0.717) is 5.13 Å². The molecule has 18 heavy (non-hydrogen) atoms. The average molecular weight is 268 g/mol. The summed E-state index contributed by atoms with van der Waals surface area (Å²) in [5.74, 6) is -2.23. The molecular weight excluding hydrogens is 252 g/mol.